The first-order valence-electron chi connectivity index (χ1n) is 42.4. The van der Waals surface area contributed by atoms with Crippen LogP contribution >= 0.6 is 32.1 Å². The van der Waals surface area contributed by atoms with E-state index >= 15 is 0 Å². The third-order valence-corrected chi connectivity index (χ3v) is 20.7. The van der Waals surface area contributed by atoms with Crippen LogP contribution in [0.3, 0.4) is 0 Å². The summed E-state index contributed by atoms with van der Waals surface area (Å²) in [5.74, 6) is 5.05. The molecule has 4 aliphatic heterocycles. The fraction of sp³-hybridized carbons (Fsp3) is 0.280. The highest BCUT2D eigenvalue weighted by atomic mass is 31.2. The van der Waals surface area contributed by atoms with Crippen molar-refractivity contribution >= 4 is 32.1 Å². The van der Waals surface area contributed by atoms with Gasteiger partial charge in [-0.25, -0.2) is 0 Å². The zero-order valence-electron chi connectivity index (χ0n) is 74.5. The Balaban J connectivity index is 0.000000492. The fourth-order valence-corrected chi connectivity index (χ4v) is 16.5. The molecule has 4 heterocycles. The van der Waals surface area contributed by atoms with Crippen LogP contribution < -0.4 is 54.3 Å². The summed E-state index contributed by atoms with van der Waals surface area (Å²) < 4.78 is 118. The lowest BCUT2D eigenvalue weighted by molar-refractivity contribution is 0.291. The predicted octanol–water partition coefficient (Wildman–Crippen LogP) is 33.3. The van der Waals surface area contributed by atoms with Crippen molar-refractivity contribution in [3.8, 4) is 91.2 Å². The zero-order valence-corrected chi connectivity index (χ0v) is 78.0. The average molecular weight is 1690 g/mol. The number of hydrogen-bond donors (Lipinski definition) is 0. The van der Waals surface area contributed by atoms with Gasteiger partial charge in [0.2, 0.25) is 0 Å². The molecule has 4 aliphatic rings. The van der Waals surface area contributed by atoms with E-state index in [-0.39, 0.29) is 11.5 Å². The summed E-state index contributed by atoms with van der Waals surface area (Å²) in [6.07, 6.45) is 2.31. The third kappa shape index (κ3) is 29.1. The van der Waals surface area contributed by atoms with E-state index in [1.165, 1.54) is 0 Å². The number of phosphoric ester groups is 3. The van der Waals surface area contributed by atoms with Gasteiger partial charge in [-0.15, -0.1) is 0 Å². The molecule has 119 heavy (non-hydrogen) atoms. The fourth-order valence-electron chi connectivity index (χ4n) is 11.4. The van der Waals surface area contributed by atoms with Crippen LogP contribution in [0.1, 0.15) is 211 Å². The summed E-state index contributed by atoms with van der Waals surface area (Å²) in [6, 6.07) is 88.9. The molecule has 0 saturated carbocycles. The molecule has 12 aromatic rings. The lowest BCUT2D eigenvalue weighted by atomic mass is 10.0. The molecule has 0 spiro atoms. The smallest absolute Gasteiger partial charge is 0.408 e. The average Bonchev–Trinajstić information content (AvgIpc) is 0.780. The molecule has 0 fully saturated rings. The summed E-state index contributed by atoms with van der Waals surface area (Å²) in [6.45, 7) is 48.0. The van der Waals surface area contributed by atoms with Crippen LogP contribution in [0.2, 0.25) is 0 Å². The second-order valence-corrected chi connectivity index (χ2v) is 27.5. The second-order valence-electron chi connectivity index (χ2n) is 22.2. The Morgan fingerprint density at radius 1 is 0.202 bits per heavy atom. The number of phosphoric acid groups is 3. The molecule has 12 aromatic carbocycles. The maximum absolute atomic E-state index is 14.5. The van der Waals surface area contributed by atoms with Crippen molar-refractivity contribution in [1.82, 2.24) is 0 Å². The molecule has 16 rings (SSSR count). The standard InChI is InChI=1S/C38H28O8P2.C38H28O7P2.12C2H6/c39-47(41-33-19-7-1-13-27(33)25-28-14-2-8-20-34(28)42-47)45-37-23-11-5-17-31(37)32-18-6-12-24-38(32)46-48(40)43-35-21-9-3-15-29(35)26-30-16-4-10-22-36(30)44-48;39-47(43-35-21-9-3-15-29(35)26-30-16-4-10-22-36(30)44-47)45-38-24-12-6-18-32(38)31-17-5-11-23-37(31)42-46-40-33-19-7-1-13-27(33)25-28-14-2-8-20-34(28)41-46;12*1-2/h1-24H,25-26H2;1-24H,25-26H2;12*1-2H3. The van der Waals surface area contributed by atoms with Gasteiger partial charge in [0.05, 0.1) is 0 Å². The Labute approximate surface area is 714 Å². The second kappa shape index (κ2) is 56.7. The molecule has 0 aliphatic carbocycles. The van der Waals surface area contributed by atoms with Gasteiger partial charge in [-0.2, -0.15) is 13.7 Å². The lowest BCUT2D eigenvalue weighted by Gasteiger charge is -2.26. The highest BCUT2D eigenvalue weighted by Gasteiger charge is 2.41. The zero-order chi connectivity index (χ0) is 88.2. The van der Waals surface area contributed by atoms with E-state index in [1.54, 1.807) is 121 Å². The molecular formula is C100H128O15P4. The molecule has 0 atom stereocenters. The molecule has 0 saturated heterocycles. The number of hydrogen-bond acceptors (Lipinski definition) is 15. The molecule has 19 heteroatoms. The van der Waals surface area contributed by atoms with Gasteiger partial charge in [-0.3, -0.25) is 0 Å². The van der Waals surface area contributed by atoms with Crippen molar-refractivity contribution in [1.29, 1.82) is 0 Å². The predicted molar refractivity (Wildman–Crippen MR) is 500 cm³/mol. The van der Waals surface area contributed by atoms with Crippen molar-refractivity contribution in [2.24, 2.45) is 0 Å². The van der Waals surface area contributed by atoms with Gasteiger partial charge < -0.3 is 54.3 Å². The Bertz CT molecular complexity index is 4650. The summed E-state index contributed by atoms with van der Waals surface area (Å²) >= 11 is 0. The van der Waals surface area contributed by atoms with Gasteiger partial charge in [0.1, 0.15) is 69.0 Å². The van der Waals surface area contributed by atoms with Gasteiger partial charge >= 0.3 is 32.1 Å². The minimum atomic E-state index is -4.31. The van der Waals surface area contributed by atoms with Crippen molar-refractivity contribution in [3.05, 3.63) is 336 Å². The Morgan fingerprint density at radius 2 is 0.353 bits per heavy atom. The van der Waals surface area contributed by atoms with E-state index in [4.69, 9.17) is 54.3 Å². The normalized spacial score (nSPS) is 12.5. The Morgan fingerprint density at radius 3 is 0.563 bits per heavy atom. The summed E-state index contributed by atoms with van der Waals surface area (Å²) in [7, 11) is -14.8. The van der Waals surface area contributed by atoms with E-state index in [0.717, 1.165) is 44.5 Å². The lowest BCUT2D eigenvalue weighted by Crippen LogP contribution is -2.13. The largest absolute Gasteiger partial charge is 0.647 e. The van der Waals surface area contributed by atoms with Crippen molar-refractivity contribution < 1.29 is 68.0 Å². The highest BCUT2D eigenvalue weighted by molar-refractivity contribution is 7.50. The van der Waals surface area contributed by atoms with E-state index in [9.17, 15) is 13.7 Å². The maximum atomic E-state index is 14.5. The number of fused-ring (bicyclic) bond motifs is 8. The van der Waals surface area contributed by atoms with Crippen LogP contribution in [0.5, 0.6) is 69.0 Å². The van der Waals surface area contributed by atoms with Crippen LogP contribution in [0.25, 0.3) is 22.3 Å². The van der Waals surface area contributed by atoms with Gasteiger partial charge in [0.15, 0.2) is 0 Å². The molecule has 638 valence electrons. The van der Waals surface area contributed by atoms with Crippen LogP contribution in [0.4, 0.5) is 0 Å². The monoisotopic (exact) mass is 1690 g/mol. The molecule has 0 unspecified atom stereocenters. The first-order valence-corrected chi connectivity index (χ1v) is 47.9. The van der Waals surface area contributed by atoms with Crippen LogP contribution in [-0.4, -0.2) is 0 Å². The Kier molecular flexibility index (Phi) is 48.9. The molecule has 0 bridgehead atoms. The first-order chi connectivity index (χ1) is 58.5. The van der Waals surface area contributed by atoms with E-state index in [2.05, 4.69) is 0 Å². The first kappa shape index (κ1) is 103. The van der Waals surface area contributed by atoms with Crippen molar-refractivity contribution in [2.45, 2.75) is 192 Å². The molecular weight excluding hydrogens is 1560 g/mol. The van der Waals surface area contributed by atoms with Crippen LogP contribution in [0.15, 0.2) is 291 Å². The molecule has 0 amide bonds. The van der Waals surface area contributed by atoms with E-state index in [0.29, 0.717) is 105 Å². The van der Waals surface area contributed by atoms with Crippen molar-refractivity contribution in [3.63, 3.8) is 0 Å². The topological polar surface area (TPSA) is 162 Å². The summed E-state index contributed by atoms with van der Waals surface area (Å²) in [4.78, 5) is 0. The molecule has 15 nitrogen and oxygen atoms in total. The van der Waals surface area contributed by atoms with Crippen molar-refractivity contribution in [2.75, 3.05) is 0 Å². The van der Waals surface area contributed by atoms with Gasteiger partial charge in [-0.05, 0) is 117 Å². The van der Waals surface area contributed by atoms with Crippen LogP contribution in [0, 0.1) is 0 Å². The highest BCUT2D eigenvalue weighted by Crippen LogP contribution is 2.59. The SMILES string of the molecule is CC.CC.CC.CC.CC.CC.CC.CC.CC.CC.CC.CC.O=P1(Oc2ccccc2-c2ccccc2OP2(=O)Oc3ccccc3Cc3ccccc3O2)Oc2ccccc2Cc2ccccc2O1.O=P1(Oc2ccccc2-c2ccccc2OP2Oc3ccccc3Cc3ccccc3O2)Oc2ccccc2Cc2ccccc2O1. The van der Waals surface area contributed by atoms with Gasteiger partial charge in [0.25, 0.3) is 0 Å². The molecule has 0 N–H and O–H groups in total. The van der Waals surface area contributed by atoms with E-state index < -0.39 is 32.1 Å². The Hall–Kier alpha value is -10.6. The summed E-state index contributed by atoms with van der Waals surface area (Å²) in [5, 5.41) is 0. The maximum Gasteiger partial charge on any atom is 0.647 e. The molecule has 0 aromatic heterocycles. The summed E-state index contributed by atoms with van der Waals surface area (Å²) in [5.41, 5.74) is 9.49. The van der Waals surface area contributed by atoms with Gasteiger partial charge in [-0.1, -0.05) is 385 Å². The van der Waals surface area contributed by atoms with Crippen LogP contribution in [-0.2, 0) is 39.4 Å². The number of benzene rings is 12. The quantitative estimate of drug-likeness (QED) is 0.119. The molecule has 0 radical (unpaired) electrons. The third-order valence-electron chi connectivity index (χ3n) is 15.8. The minimum absolute atomic E-state index is 0.195. The number of rotatable bonds is 10. The number of para-hydroxylation sites is 12. The van der Waals surface area contributed by atoms with Gasteiger partial charge in [0, 0.05) is 47.9 Å². The van der Waals surface area contributed by atoms with E-state index in [1.807, 2.05) is 336 Å². The minimum Gasteiger partial charge on any atom is -0.408 e.